The molecule has 8 nitrogen and oxygen atoms in total. The smallest absolute Gasteiger partial charge is 0.306 e. The van der Waals surface area contributed by atoms with Gasteiger partial charge in [0.05, 0.1) is 18.0 Å². The highest BCUT2D eigenvalue weighted by Gasteiger charge is 2.08. The molecule has 0 aromatic carbocycles. The highest BCUT2D eigenvalue weighted by Crippen LogP contribution is 2.07. The van der Waals surface area contributed by atoms with Crippen LogP contribution in [0.3, 0.4) is 0 Å². The Labute approximate surface area is 128 Å². The van der Waals surface area contributed by atoms with E-state index in [1.807, 2.05) is 18.7 Å². The van der Waals surface area contributed by atoms with Crippen LogP contribution in [0.25, 0.3) is 0 Å². The van der Waals surface area contributed by atoms with Crippen LogP contribution < -0.4 is 5.73 Å². The van der Waals surface area contributed by atoms with Crippen molar-refractivity contribution in [2.24, 2.45) is 10.7 Å². The maximum atomic E-state index is 10.5. The molecule has 0 saturated heterocycles. The predicted octanol–water partition coefficient (Wildman–Crippen LogP) is 1.07. The molecule has 0 spiro atoms. The maximum absolute atomic E-state index is 10.5. The highest BCUT2D eigenvalue weighted by molar-refractivity contribution is 14.0. The van der Waals surface area contributed by atoms with Crippen LogP contribution >= 0.6 is 24.0 Å². The maximum Gasteiger partial charge on any atom is 0.306 e. The fourth-order valence-corrected chi connectivity index (χ4v) is 1.48. The second kappa shape index (κ2) is 8.67. The molecule has 9 heteroatoms. The Kier molecular flexibility index (Phi) is 8.03. The zero-order chi connectivity index (χ0) is 13.5. The van der Waals surface area contributed by atoms with Gasteiger partial charge >= 0.3 is 5.69 Å². The normalized spacial score (nSPS) is 10.9. The van der Waals surface area contributed by atoms with Crippen molar-refractivity contribution in [2.45, 2.75) is 20.4 Å². The summed E-state index contributed by atoms with van der Waals surface area (Å²) in [6.07, 6.45) is 2.60. The van der Waals surface area contributed by atoms with Crippen LogP contribution in [-0.4, -0.2) is 45.2 Å². The lowest BCUT2D eigenvalue weighted by atomic mass is 10.5. The van der Waals surface area contributed by atoms with E-state index in [0.29, 0.717) is 19.0 Å². The number of aliphatic imine (C=N–C) groups is 1. The molecule has 0 atom stereocenters. The van der Waals surface area contributed by atoms with Gasteiger partial charge in [0.25, 0.3) is 0 Å². The molecular weight excluding hydrogens is 363 g/mol. The molecule has 0 aliphatic rings. The monoisotopic (exact) mass is 382 g/mol. The molecule has 2 N–H and O–H groups in total. The van der Waals surface area contributed by atoms with Crippen LogP contribution in [0.5, 0.6) is 0 Å². The molecule has 0 fully saturated rings. The van der Waals surface area contributed by atoms with Gasteiger partial charge < -0.3 is 10.6 Å². The molecule has 108 valence electrons. The van der Waals surface area contributed by atoms with Crippen LogP contribution in [-0.2, 0) is 6.54 Å². The topological polar surface area (TPSA) is 103 Å². The Balaban J connectivity index is 0.00000324. The van der Waals surface area contributed by atoms with Crippen LogP contribution in [0.1, 0.15) is 13.8 Å². The second-order valence-corrected chi connectivity index (χ2v) is 3.63. The summed E-state index contributed by atoms with van der Waals surface area (Å²) in [6, 6.07) is 0. The Morgan fingerprint density at radius 2 is 2.21 bits per heavy atom. The summed E-state index contributed by atoms with van der Waals surface area (Å²) >= 11 is 0. The van der Waals surface area contributed by atoms with E-state index in [1.54, 1.807) is 0 Å². The largest absolute Gasteiger partial charge is 0.370 e. The molecule has 19 heavy (non-hydrogen) atoms. The van der Waals surface area contributed by atoms with Crippen molar-refractivity contribution in [3.05, 3.63) is 22.5 Å². The first-order valence-corrected chi connectivity index (χ1v) is 5.80. The first kappa shape index (κ1) is 17.6. The van der Waals surface area contributed by atoms with Crippen molar-refractivity contribution in [1.82, 2.24) is 14.7 Å². The number of hydrogen-bond donors (Lipinski definition) is 1. The van der Waals surface area contributed by atoms with Gasteiger partial charge in [-0.05, 0) is 13.8 Å². The van der Waals surface area contributed by atoms with Crippen LogP contribution in [0.4, 0.5) is 5.69 Å². The standard InChI is InChI=1S/C10H18N6O2.HI/c1-3-14(4-2)10(11)12-5-6-15-8-9(7-13-15)16(17)18;/h7-8H,3-6H2,1-2H3,(H2,11,12);1H. The zero-order valence-electron chi connectivity index (χ0n) is 11.0. The van der Waals surface area contributed by atoms with Crippen LogP contribution in [0.15, 0.2) is 17.4 Å². The summed E-state index contributed by atoms with van der Waals surface area (Å²) in [5, 5.41) is 14.3. The van der Waals surface area contributed by atoms with E-state index in [0.717, 1.165) is 13.1 Å². The first-order chi connectivity index (χ1) is 8.58. The summed E-state index contributed by atoms with van der Waals surface area (Å²) in [7, 11) is 0. The van der Waals surface area contributed by atoms with E-state index in [1.165, 1.54) is 17.1 Å². The molecule has 0 aliphatic heterocycles. The summed E-state index contributed by atoms with van der Waals surface area (Å²) in [5.74, 6) is 0.488. The molecule has 1 aromatic rings. The van der Waals surface area contributed by atoms with Gasteiger partial charge in [0.1, 0.15) is 12.4 Å². The Morgan fingerprint density at radius 3 is 2.68 bits per heavy atom. The molecule has 1 rings (SSSR count). The number of aromatic nitrogens is 2. The minimum Gasteiger partial charge on any atom is -0.370 e. The van der Waals surface area contributed by atoms with Gasteiger partial charge in [-0.2, -0.15) is 5.10 Å². The Hall–Kier alpha value is -1.39. The SMILES string of the molecule is CCN(CC)C(N)=NCCn1cc([N+](=O)[O-])cn1.I. The van der Waals surface area contributed by atoms with E-state index < -0.39 is 4.92 Å². The van der Waals surface area contributed by atoms with Crippen molar-refractivity contribution in [1.29, 1.82) is 0 Å². The summed E-state index contributed by atoms with van der Waals surface area (Å²) in [5.41, 5.74) is 5.78. The van der Waals surface area contributed by atoms with Crippen molar-refractivity contribution in [2.75, 3.05) is 19.6 Å². The van der Waals surface area contributed by atoms with Gasteiger partial charge in [-0.15, -0.1) is 24.0 Å². The van der Waals surface area contributed by atoms with Gasteiger partial charge in [0.2, 0.25) is 0 Å². The van der Waals surface area contributed by atoms with E-state index in [9.17, 15) is 10.1 Å². The highest BCUT2D eigenvalue weighted by atomic mass is 127. The summed E-state index contributed by atoms with van der Waals surface area (Å²) < 4.78 is 1.48. The average Bonchev–Trinajstić information content (AvgIpc) is 2.79. The van der Waals surface area contributed by atoms with Crippen molar-refractivity contribution < 1.29 is 4.92 Å². The van der Waals surface area contributed by atoms with E-state index >= 15 is 0 Å². The molecule has 0 radical (unpaired) electrons. The minimum absolute atomic E-state index is 0. The number of halogens is 1. The number of nitrogens with two attached hydrogens (primary N) is 1. The van der Waals surface area contributed by atoms with Crippen LogP contribution in [0.2, 0.25) is 0 Å². The molecule has 1 aromatic heterocycles. The number of nitrogens with zero attached hydrogens (tertiary/aromatic N) is 5. The summed E-state index contributed by atoms with van der Waals surface area (Å²) in [4.78, 5) is 16.1. The lowest BCUT2D eigenvalue weighted by molar-refractivity contribution is -0.385. The van der Waals surface area contributed by atoms with Crippen molar-refractivity contribution in [3.8, 4) is 0 Å². The molecule has 0 unspecified atom stereocenters. The molecule has 0 aliphatic carbocycles. The fourth-order valence-electron chi connectivity index (χ4n) is 1.48. The average molecular weight is 382 g/mol. The minimum atomic E-state index is -0.475. The molecule has 0 bridgehead atoms. The van der Waals surface area contributed by atoms with Crippen molar-refractivity contribution >= 4 is 35.6 Å². The van der Waals surface area contributed by atoms with E-state index in [2.05, 4.69) is 10.1 Å². The Bertz CT molecular complexity index is 429. The number of nitro groups is 1. The zero-order valence-corrected chi connectivity index (χ0v) is 13.4. The fraction of sp³-hybridized carbons (Fsp3) is 0.600. The number of rotatable bonds is 6. The molecular formula is C10H19IN6O2. The third kappa shape index (κ3) is 5.41. The molecule has 0 saturated carbocycles. The number of guanidine groups is 1. The quantitative estimate of drug-likeness (QED) is 0.261. The van der Waals surface area contributed by atoms with Gasteiger partial charge in [0, 0.05) is 13.1 Å². The van der Waals surface area contributed by atoms with Gasteiger partial charge in [-0.3, -0.25) is 19.8 Å². The predicted molar refractivity (Wildman–Crippen MR) is 83.7 cm³/mol. The molecule has 1 heterocycles. The van der Waals surface area contributed by atoms with Crippen LogP contribution in [0, 0.1) is 10.1 Å². The molecule has 0 amide bonds. The van der Waals surface area contributed by atoms with E-state index in [-0.39, 0.29) is 29.7 Å². The first-order valence-electron chi connectivity index (χ1n) is 5.80. The summed E-state index contributed by atoms with van der Waals surface area (Å²) in [6.45, 7) is 6.53. The number of hydrogen-bond acceptors (Lipinski definition) is 4. The third-order valence-corrected chi connectivity index (χ3v) is 2.52. The van der Waals surface area contributed by atoms with Gasteiger partial charge in [-0.25, -0.2) is 0 Å². The van der Waals surface area contributed by atoms with Crippen molar-refractivity contribution in [3.63, 3.8) is 0 Å². The third-order valence-electron chi connectivity index (χ3n) is 2.52. The van der Waals surface area contributed by atoms with Gasteiger partial charge in [-0.1, -0.05) is 0 Å². The lowest BCUT2D eigenvalue weighted by Crippen LogP contribution is -2.37. The van der Waals surface area contributed by atoms with E-state index in [4.69, 9.17) is 5.73 Å². The van der Waals surface area contributed by atoms with Gasteiger partial charge in [0.15, 0.2) is 5.96 Å². The second-order valence-electron chi connectivity index (χ2n) is 3.63. The lowest BCUT2D eigenvalue weighted by Gasteiger charge is -2.19. The Morgan fingerprint density at radius 1 is 1.58 bits per heavy atom.